The summed E-state index contributed by atoms with van der Waals surface area (Å²) in [4.78, 5) is 7.36. The van der Waals surface area contributed by atoms with E-state index < -0.39 is 11.6 Å². The SMILES string of the molecule is Cc1cc(Br)cc2[nH]c(-c3cc(F)ccc3F)nc12. The van der Waals surface area contributed by atoms with Gasteiger partial charge in [0.2, 0.25) is 0 Å². The fourth-order valence-electron chi connectivity index (χ4n) is 2.05. The molecule has 5 heteroatoms. The number of imidazole rings is 1. The maximum atomic E-state index is 13.7. The number of hydrogen-bond acceptors (Lipinski definition) is 1. The van der Waals surface area contributed by atoms with E-state index in [2.05, 4.69) is 25.9 Å². The van der Waals surface area contributed by atoms with Crippen LogP contribution in [0.15, 0.2) is 34.8 Å². The number of aryl methyl sites for hydroxylation is 1. The van der Waals surface area contributed by atoms with E-state index in [9.17, 15) is 8.78 Å². The van der Waals surface area contributed by atoms with Crippen molar-refractivity contribution in [3.05, 3.63) is 52.0 Å². The Kier molecular flexibility index (Phi) is 2.86. The Labute approximate surface area is 116 Å². The van der Waals surface area contributed by atoms with E-state index in [0.29, 0.717) is 5.82 Å². The van der Waals surface area contributed by atoms with Gasteiger partial charge in [-0.15, -0.1) is 0 Å². The summed E-state index contributed by atoms with van der Waals surface area (Å²) in [7, 11) is 0. The molecule has 0 unspecified atom stereocenters. The molecule has 0 amide bonds. The number of halogens is 3. The van der Waals surface area contributed by atoms with Crippen LogP contribution in [-0.2, 0) is 0 Å². The Morgan fingerprint density at radius 3 is 2.74 bits per heavy atom. The van der Waals surface area contributed by atoms with Crippen molar-refractivity contribution in [1.82, 2.24) is 9.97 Å². The number of aromatic amines is 1. The van der Waals surface area contributed by atoms with E-state index in [1.165, 1.54) is 0 Å². The van der Waals surface area contributed by atoms with Gasteiger partial charge < -0.3 is 4.98 Å². The van der Waals surface area contributed by atoms with Crippen LogP contribution in [-0.4, -0.2) is 9.97 Å². The highest BCUT2D eigenvalue weighted by molar-refractivity contribution is 9.10. The lowest BCUT2D eigenvalue weighted by Crippen LogP contribution is -1.88. The minimum atomic E-state index is -0.503. The van der Waals surface area contributed by atoms with Crippen LogP contribution in [0.1, 0.15) is 5.56 Å². The molecule has 0 saturated carbocycles. The largest absolute Gasteiger partial charge is 0.338 e. The van der Waals surface area contributed by atoms with E-state index in [4.69, 9.17) is 0 Å². The molecule has 0 aliphatic heterocycles. The summed E-state index contributed by atoms with van der Waals surface area (Å²) in [5.74, 6) is -0.667. The normalized spacial score (nSPS) is 11.2. The predicted molar refractivity (Wildman–Crippen MR) is 73.9 cm³/mol. The zero-order chi connectivity index (χ0) is 13.6. The molecule has 1 heterocycles. The van der Waals surface area contributed by atoms with Gasteiger partial charge in [-0.05, 0) is 42.8 Å². The fourth-order valence-corrected chi connectivity index (χ4v) is 2.63. The number of hydrogen-bond donors (Lipinski definition) is 1. The monoisotopic (exact) mass is 322 g/mol. The van der Waals surface area contributed by atoms with Crippen LogP contribution < -0.4 is 0 Å². The first kappa shape index (κ1) is 12.3. The highest BCUT2D eigenvalue weighted by atomic mass is 79.9. The van der Waals surface area contributed by atoms with Gasteiger partial charge in [-0.25, -0.2) is 13.8 Å². The third-order valence-electron chi connectivity index (χ3n) is 2.93. The van der Waals surface area contributed by atoms with E-state index in [0.717, 1.165) is 39.3 Å². The predicted octanol–water partition coefficient (Wildman–Crippen LogP) is 4.58. The van der Waals surface area contributed by atoms with Gasteiger partial charge in [0.1, 0.15) is 17.5 Å². The fraction of sp³-hybridized carbons (Fsp3) is 0.0714. The summed E-state index contributed by atoms with van der Waals surface area (Å²) >= 11 is 3.39. The molecule has 1 aromatic heterocycles. The van der Waals surface area contributed by atoms with Crippen LogP contribution >= 0.6 is 15.9 Å². The number of fused-ring (bicyclic) bond motifs is 1. The van der Waals surface area contributed by atoms with Crippen molar-refractivity contribution < 1.29 is 8.78 Å². The maximum absolute atomic E-state index is 13.7. The maximum Gasteiger partial charge on any atom is 0.141 e. The molecule has 2 aromatic carbocycles. The summed E-state index contributed by atoms with van der Waals surface area (Å²) in [5, 5.41) is 0. The third-order valence-corrected chi connectivity index (χ3v) is 3.38. The highest BCUT2D eigenvalue weighted by Gasteiger charge is 2.12. The highest BCUT2D eigenvalue weighted by Crippen LogP contribution is 2.27. The molecule has 1 N–H and O–H groups in total. The minimum absolute atomic E-state index is 0.131. The third kappa shape index (κ3) is 2.14. The molecule has 19 heavy (non-hydrogen) atoms. The summed E-state index contributed by atoms with van der Waals surface area (Å²) in [6.45, 7) is 1.92. The molecule has 0 fully saturated rings. The first-order valence-electron chi connectivity index (χ1n) is 5.66. The summed E-state index contributed by atoms with van der Waals surface area (Å²) in [6, 6.07) is 7.10. The average molecular weight is 323 g/mol. The zero-order valence-electron chi connectivity index (χ0n) is 9.97. The molecule has 0 bridgehead atoms. The summed E-state index contributed by atoms with van der Waals surface area (Å²) in [6.07, 6.45) is 0. The minimum Gasteiger partial charge on any atom is -0.338 e. The first-order chi connectivity index (χ1) is 9.04. The second-order valence-electron chi connectivity index (χ2n) is 4.33. The van der Waals surface area contributed by atoms with Crippen molar-refractivity contribution in [1.29, 1.82) is 0 Å². The Balaban J connectivity index is 2.26. The Hall–Kier alpha value is -1.75. The molecular formula is C14H9BrF2N2. The topological polar surface area (TPSA) is 28.7 Å². The van der Waals surface area contributed by atoms with Gasteiger partial charge in [0.05, 0.1) is 16.6 Å². The quantitative estimate of drug-likeness (QED) is 0.698. The van der Waals surface area contributed by atoms with Crippen LogP contribution in [0.3, 0.4) is 0 Å². The number of aromatic nitrogens is 2. The van der Waals surface area contributed by atoms with Gasteiger partial charge in [0.25, 0.3) is 0 Å². The number of nitrogens with zero attached hydrogens (tertiary/aromatic N) is 1. The zero-order valence-corrected chi connectivity index (χ0v) is 11.6. The number of nitrogens with one attached hydrogen (secondary N) is 1. The van der Waals surface area contributed by atoms with E-state index in [1.807, 2.05) is 19.1 Å². The molecule has 0 radical (unpaired) electrons. The van der Waals surface area contributed by atoms with E-state index >= 15 is 0 Å². The lowest BCUT2D eigenvalue weighted by molar-refractivity contribution is 0.602. The van der Waals surface area contributed by atoms with Crippen LogP contribution in [0.5, 0.6) is 0 Å². The molecule has 0 atom stereocenters. The van der Waals surface area contributed by atoms with Crippen molar-refractivity contribution in [3.63, 3.8) is 0 Å². The van der Waals surface area contributed by atoms with Gasteiger partial charge in [0, 0.05) is 4.47 Å². The molecular weight excluding hydrogens is 314 g/mol. The second kappa shape index (κ2) is 4.42. The van der Waals surface area contributed by atoms with Crippen LogP contribution in [0.2, 0.25) is 0 Å². The van der Waals surface area contributed by atoms with Crippen molar-refractivity contribution in [2.24, 2.45) is 0 Å². The Morgan fingerprint density at radius 1 is 1.16 bits per heavy atom. The molecule has 0 spiro atoms. The van der Waals surface area contributed by atoms with Gasteiger partial charge in [-0.2, -0.15) is 0 Å². The van der Waals surface area contributed by atoms with Crippen molar-refractivity contribution in [2.45, 2.75) is 6.92 Å². The van der Waals surface area contributed by atoms with Gasteiger partial charge in [-0.1, -0.05) is 15.9 Å². The van der Waals surface area contributed by atoms with Crippen molar-refractivity contribution >= 4 is 27.0 Å². The summed E-state index contributed by atoms with van der Waals surface area (Å²) < 4.78 is 27.9. The lowest BCUT2D eigenvalue weighted by atomic mass is 10.2. The van der Waals surface area contributed by atoms with Crippen LogP contribution in [0.4, 0.5) is 8.78 Å². The summed E-state index contributed by atoms with van der Waals surface area (Å²) in [5.41, 5.74) is 2.63. The number of benzene rings is 2. The Morgan fingerprint density at radius 2 is 1.95 bits per heavy atom. The number of rotatable bonds is 1. The molecule has 2 nitrogen and oxygen atoms in total. The lowest BCUT2D eigenvalue weighted by Gasteiger charge is -1.98. The van der Waals surface area contributed by atoms with Crippen molar-refractivity contribution in [2.75, 3.05) is 0 Å². The molecule has 0 aliphatic carbocycles. The van der Waals surface area contributed by atoms with Crippen molar-refractivity contribution in [3.8, 4) is 11.4 Å². The van der Waals surface area contributed by atoms with Crippen LogP contribution in [0, 0.1) is 18.6 Å². The van der Waals surface area contributed by atoms with Gasteiger partial charge in [0.15, 0.2) is 0 Å². The standard InChI is InChI=1S/C14H9BrF2N2/c1-7-4-8(15)5-12-13(7)19-14(18-12)10-6-9(16)2-3-11(10)17/h2-6H,1H3,(H,18,19). The Bertz CT molecular complexity index is 780. The van der Waals surface area contributed by atoms with Gasteiger partial charge >= 0.3 is 0 Å². The molecule has 3 aromatic rings. The molecule has 3 rings (SSSR count). The molecule has 96 valence electrons. The van der Waals surface area contributed by atoms with E-state index in [1.54, 1.807) is 0 Å². The average Bonchev–Trinajstić information content (AvgIpc) is 2.76. The number of H-pyrrole nitrogens is 1. The molecule has 0 aliphatic rings. The van der Waals surface area contributed by atoms with Crippen LogP contribution in [0.25, 0.3) is 22.4 Å². The van der Waals surface area contributed by atoms with E-state index in [-0.39, 0.29) is 5.56 Å². The molecule has 0 saturated heterocycles. The first-order valence-corrected chi connectivity index (χ1v) is 6.45. The second-order valence-corrected chi connectivity index (χ2v) is 5.24. The smallest absolute Gasteiger partial charge is 0.141 e. The van der Waals surface area contributed by atoms with Gasteiger partial charge in [-0.3, -0.25) is 0 Å².